The zero-order valence-corrected chi connectivity index (χ0v) is 18.6. The number of aliphatic hydroxyl groups is 2. The van der Waals surface area contributed by atoms with Crippen LogP contribution in [0, 0.1) is 39.9 Å². The zero-order chi connectivity index (χ0) is 22.4. The molecule has 0 aromatic carbocycles. The predicted molar refractivity (Wildman–Crippen MR) is 110 cm³/mol. The molecule has 0 aromatic heterocycles. The molecule has 2 N–H and O–H groups in total. The molecular formula is C25H30O6. The smallest absolute Gasteiger partial charge is 0.252 e. The maximum Gasteiger partial charge on any atom is 0.252 e. The Kier molecular flexibility index (Phi) is 3.36. The molecule has 8 unspecified atom stereocenters. The number of rotatable bonds is 2. The molecule has 0 saturated heterocycles. The van der Waals surface area contributed by atoms with E-state index in [1.165, 1.54) is 20.1 Å². The number of allylic oxidation sites excluding steroid dienone is 5. The molecule has 8 atom stereocenters. The van der Waals surface area contributed by atoms with Crippen molar-refractivity contribution < 1.29 is 29.3 Å². The van der Waals surface area contributed by atoms with E-state index in [4.69, 9.17) is 9.47 Å². The number of ketones is 2. The van der Waals surface area contributed by atoms with E-state index in [9.17, 15) is 19.8 Å². The molecule has 3 fully saturated rings. The van der Waals surface area contributed by atoms with Crippen LogP contribution < -0.4 is 0 Å². The monoisotopic (exact) mass is 426 g/mol. The van der Waals surface area contributed by atoms with Gasteiger partial charge in [0.1, 0.15) is 11.5 Å². The maximum absolute atomic E-state index is 13.9. The lowest BCUT2D eigenvalue weighted by Crippen LogP contribution is -2.85. The van der Waals surface area contributed by atoms with Gasteiger partial charge in [0.2, 0.25) is 0 Å². The molecule has 31 heavy (non-hydrogen) atoms. The average molecular weight is 427 g/mol. The van der Waals surface area contributed by atoms with Crippen molar-refractivity contribution in [2.45, 2.75) is 65.1 Å². The fraction of sp³-hybridized carbons (Fsp3) is 0.680. The minimum Gasteiger partial charge on any atom is -0.466 e. The molecular weight excluding hydrogens is 396 g/mol. The second kappa shape index (κ2) is 5.24. The highest BCUT2D eigenvalue weighted by molar-refractivity contribution is 6.12. The van der Waals surface area contributed by atoms with Crippen LogP contribution >= 0.6 is 0 Å². The van der Waals surface area contributed by atoms with E-state index in [0.29, 0.717) is 0 Å². The van der Waals surface area contributed by atoms with Gasteiger partial charge in [-0.25, -0.2) is 0 Å². The van der Waals surface area contributed by atoms with Gasteiger partial charge in [-0.1, -0.05) is 25.5 Å². The predicted octanol–water partition coefficient (Wildman–Crippen LogP) is 2.66. The van der Waals surface area contributed by atoms with Crippen molar-refractivity contribution in [2.24, 2.45) is 39.9 Å². The topological polar surface area (TPSA) is 93.1 Å². The summed E-state index contributed by atoms with van der Waals surface area (Å²) in [6.45, 7) is 8.70. The van der Waals surface area contributed by atoms with E-state index in [2.05, 4.69) is 0 Å². The molecule has 7 aliphatic rings. The fourth-order valence-electron chi connectivity index (χ4n) is 8.56. The SMILES string of the molecule is CC1=C2C(=O)C34C2C1CCC3C12C=COC4(OC(C)(C)O)C(O)C1C(C)(C)C(=O)C=C2. The largest absolute Gasteiger partial charge is 0.466 e. The first-order valence-electron chi connectivity index (χ1n) is 11.3. The van der Waals surface area contributed by atoms with Crippen LogP contribution in [0.15, 0.2) is 35.6 Å². The number of carbonyl (C=O) groups excluding carboxylic acids is 2. The van der Waals surface area contributed by atoms with Gasteiger partial charge in [-0.15, -0.1) is 0 Å². The Morgan fingerprint density at radius 2 is 1.90 bits per heavy atom. The van der Waals surface area contributed by atoms with Gasteiger partial charge in [0.05, 0.1) is 6.26 Å². The molecule has 0 aromatic rings. The Hall–Kier alpha value is -1.76. The van der Waals surface area contributed by atoms with Crippen molar-refractivity contribution in [1.82, 2.24) is 0 Å². The molecule has 3 saturated carbocycles. The number of ether oxygens (including phenoxy) is 2. The highest BCUT2D eigenvalue weighted by atomic mass is 16.8. The Balaban J connectivity index is 1.68. The van der Waals surface area contributed by atoms with Crippen LogP contribution in [-0.2, 0) is 19.1 Å². The van der Waals surface area contributed by atoms with Gasteiger partial charge in [0.15, 0.2) is 17.4 Å². The minimum absolute atomic E-state index is 0.0242. The third kappa shape index (κ3) is 1.79. The van der Waals surface area contributed by atoms with Crippen LogP contribution in [0.25, 0.3) is 0 Å². The Morgan fingerprint density at radius 3 is 2.58 bits per heavy atom. The summed E-state index contributed by atoms with van der Waals surface area (Å²) in [5, 5.41) is 22.8. The number of hydrogen-bond acceptors (Lipinski definition) is 6. The molecule has 2 aliphatic heterocycles. The summed E-state index contributed by atoms with van der Waals surface area (Å²) < 4.78 is 12.5. The summed E-state index contributed by atoms with van der Waals surface area (Å²) in [6, 6.07) is 0. The molecule has 166 valence electrons. The first kappa shape index (κ1) is 19.9. The van der Waals surface area contributed by atoms with E-state index < -0.39 is 39.8 Å². The standard InChI is InChI=1S/C25H30O6/c1-12-13-6-7-14-23-9-8-15(26)21(2,3)18(23)20(28)25(30-11-10-23,31-22(4,5)29)24(14)17(13)16(12)19(24)27/h8-11,13-14,17-18,20,28-29H,6-7H2,1-5H3. The third-order valence-corrected chi connectivity index (χ3v) is 9.48. The quantitative estimate of drug-likeness (QED) is 0.660. The van der Waals surface area contributed by atoms with Crippen molar-refractivity contribution >= 4 is 11.6 Å². The maximum atomic E-state index is 13.9. The van der Waals surface area contributed by atoms with E-state index in [-0.39, 0.29) is 29.3 Å². The summed E-state index contributed by atoms with van der Waals surface area (Å²) in [5.41, 5.74) is -0.691. The van der Waals surface area contributed by atoms with Gasteiger partial charge in [0, 0.05) is 28.2 Å². The molecule has 2 bridgehead atoms. The number of fused-ring (bicyclic) bond motifs is 1. The summed E-state index contributed by atoms with van der Waals surface area (Å²) >= 11 is 0. The third-order valence-electron chi connectivity index (χ3n) is 9.48. The second-order valence-electron chi connectivity index (χ2n) is 11.5. The van der Waals surface area contributed by atoms with Crippen molar-refractivity contribution in [3.63, 3.8) is 0 Å². The molecule has 6 heteroatoms. The number of carbonyl (C=O) groups is 2. The fourth-order valence-corrected chi connectivity index (χ4v) is 8.56. The first-order valence-corrected chi connectivity index (χ1v) is 11.3. The second-order valence-corrected chi connectivity index (χ2v) is 11.5. The minimum atomic E-state index is -1.76. The summed E-state index contributed by atoms with van der Waals surface area (Å²) in [6.07, 6.45) is 7.43. The van der Waals surface area contributed by atoms with Crippen LogP contribution in [0.4, 0.5) is 0 Å². The lowest BCUT2D eigenvalue weighted by Gasteiger charge is -2.76. The molecule has 5 aliphatic carbocycles. The number of Topliss-reactive ketones (excluding diaryl/α,β-unsaturated/α-hetero) is 1. The number of aliphatic hydroxyl groups excluding tert-OH is 1. The summed E-state index contributed by atoms with van der Waals surface area (Å²) in [5.74, 6) is -4.03. The van der Waals surface area contributed by atoms with Gasteiger partial charge in [-0.2, -0.15) is 0 Å². The van der Waals surface area contributed by atoms with Crippen LogP contribution in [0.5, 0.6) is 0 Å². The van der Waals surface area contributed by atoms with Gasteiger partial charge >= 0.3 is 0 Å². The molecule has 6 nitrogen and oxygen atoms in total. The van der Waals surface area contributed by atoms with Crippen LogP contribution in [-0.4, -0.2) is 39.5 Å². The molecule has 2 spiro atoms. The number of hydrogen-bond donors (Lipinski definition) is 2. The van der Waals surface area contributed by atoms with Gasteiger partial charge < -0.3 is 19.7 Å². The van der Waals surface area contributed by atoms with Crippen LogP contribution in [0.3, 0.4) is 0 Å². The van der Waals surface area contributed by atoms with E-state index in [1.54, 1.807) is 6.08 Å². The lowest BCUT2D eigenvalue weighted by molar-refractivity contribution is -0.429. The van der Waals surface area contributed by atoms with Crippen molar-refractivity contribution in [3.05, 3.63) is 35.6 Å². The Bertz CT molecular complexity index is 1030. The lowest BCUT2D eigenvalue weighted by atomic mass is 9.27. The van der Waals surface area contributed by atoms with Crippen LogP contribution in [0.2, 0.25) is 0 Å². The average Bonchev–Trinajstić information content (AvgIpc) is 2.85. The molecule has 0 radical (unpaired) electrons. The summed E-state index contributed by atoms with van der Waals surface area (Å²) in [4.78, 5) is 26.9. The zero-order valence-electron chi connectivity index (χ0n) is 18.6. The first-order chi connectivity index (χ1) is 14.4. The molecule has 0 amide bonds. The highest BCUT2D eigenvalue weighted by Gasteiger charge is 2.89. The van der Waals surface area contributed by atoms with E-state index >= 15 is 0 Å². The highest BCUT2D eigenvalue weighted by Crippen LogP contribution is 2.81. The van der Waals surface area contributed by atoms with Crippen molar-refractivity contribution in [3.8, 4) is 0 Å². The van der Waals surface area contributed by atoms with Crippen molar-refractivity contribution in [2.75, 3.05) is 0 Å². The van der Waals surface area contributed by atoms with Gasteiger partial charge in [0.25, 0.3) is 5.79 Å². The molecule has 7 rings (SSSR count). The van der Waals surface area contributed by atoms with E-state index in [0.717, 1.165) is 24.0 Å². The van der Waals surface area contributed by atoms with Crippen LogP contribution in [0.1, 0.15) is 47.5 Å². The Morgan fingerprint density at radius 1 is 1.19 bits per heavy atom. The van der Waals surface area contributed by atoms with Crippen molar-refractivity contribution in [1.29, 1.82) is 0 Å². The summed E-state index contributed by atoms with van der Waals surface area (Å²) in [7, 11) is 0. The normalized spacial score (nSPS) is 50.6. The van der Waals surface area contributed by atoms with Gasteiger partial charge in [-0.3, -0.25) is 9.59 Å². The van der Waals surface area contributed by atoms with Gasteiger partial charge in [-0.05, 0) is 57.6 Å². The van der Waals surface area contributed by atoms with E-state index in [1.807, 2.05) is 32.9 Å². The Labute approximate surface area is 182 Å². The molecule has 2 heterocycles.